The first-order valence-electron chi connectivity index (χ1n) is 5.37. The summed E-state index contributed by atoms with van der Waals surface area (Å²) < 4.78 is 0. The van der Waals surface area contributed by atoms with Crippen molar-refractivity contribution in [1.82, 2.24) is 0 Å². The van der Waals surface area contributed by atoms with Crippen LogP contribution in [-0.4, -0.2) is 11.1 Å². The van der Waals surface area contributed by atoms with Gasteiger partial charge in [-0.05, 0) is 17.0 Å². The van der Waals surface area contributed by atoms with Crippen molar-refractivity contribution < 1.29 is 9.90 Å². The summed E-state index contributed by atoms with van der Waals surface area (Å²) in [5, 5.41) is 7.72. The third-order valence-corrected chi connectivity index (χ3v) is 2.41. The Labute approximate surface area is 102 Å². The van der Waals surface area contributed by atoms with Crippen molar-refractivity contribution in [2.75, 3.05) is 0 Å². The molecule has 0 saturated heterocycles. The van der Waals surface area contributed by atoms with Crippen LogP contribution in [0.15, 0.2) is 24.3 Å². The average Bonchev–Trinajstić information content (AvgIpc) is 2.29. The fourth-order valence-corrected chi connectivity index (χ4v) is 1.17. The number of hydrogen-bond acceptors (Lipinski definition) is 1. The van der Waals surface area contributed by atoms with Crippen molar-refractivity contribution >= 4 is 17.6 Å². The van der Waals surface area contributed by atoms with Crippen molar-refractivity contribution in [3.63, 3.8) is 0 Å². The number of carboxylic acid groups (broad SMARTS) is 1. The van der Waals surface area contributed by atoms with E-state index in [1.54, 1.807) is 6.92 Å². The third kappa shape index (κ3) is 6.46. The molecule has 0 aromatic heterocycles. The highest BCUT2D eigenvalue weighted by atomic mass is 35.5. The molecule has 0 unspecified atom stereocenters. The Morgan fingerprint density at radius 2 is 1.75 bits per heavy atom. The van der Waals surface area contributed by atoms with Gasteiger partial charge in [0.2, 0.25) is 0 Å². The van der Waals surface area contributed by atoms with E-state index in [4.69, 9.17) is 16.7 Å². The van der Waals surface area contributed by atoms with Crippen LogP contribution in [0, 0.1) is 0 Å². The van der Waals surface area contributed by atoms with E-state index in [0.717, 1.165) is 0 Å². The zero-order chi connectivity index (χ0) is 12.6. The molecule has 0 radical (unpaired) electrons. The number of benzene rings is 1. The molecule has 0 aliphatic carbocycles. The van der Waals surface area contributed by atoms with E-state index in [1.165, 1.54) is 11.1 Å². The van der Waals surface area contributed by atoms with E-state index in [0.29, 0.717) is 11.8 Å². The maximum atomic E-state index is 9.37. The molecule has 0 saturated carbocycles. The fourth-order valence-electron chi connectivity index (χ4n) is 0.992. The van der Waals surface area contributed by atoms with Gasteiger partial charge in [-0.25, -0.2) is 0 Å². The van der Waals surface area contributed by atoms with Crippen molar-refractivity contribution in [3.05, 3.63) is 35.4 Å². The minimum absolute atomic E-state index is 0.222. The topological polar surface area (TPSA) is 37.3 Å². The first kappa shape index (κ1) is 15.0. The van der Waals surface area contributed by atoms with Gasteiger partial charge in [-0.1, -0.05) is 45.0 Å². The van der Waals surface area contributed by atoms with Gasteiger partial charge >= 0.3 is 5.97 Å². The zero-order valence-electron chi connectivity index (χ0n) is 10.0. The van der Waals surface area contributed by atoms with Crippen LogP contribution in [0.5, 0.6) is 0 Å². The molecule has 1 aromatic rings. The summed E-state index contributed by atoms with van der Waals surface area (Å²) in [6, 6.07) is 8.45. The Morgan fingerprint density at radius 3 is 2.00 bits per heavy atom. The van der Waals surface area contributed by atoms with Crippen molar-refractivity contribution in [2.24, 2.45) is 0 Å². The molecule has 90 valence electrons. The minimum atomic E-state index is -0.745. The summed E-state index contributed by atoms with van der Waals surface area (Å²) in [6.45, 7) is 5.98. The zero-order valence-corrected chi connectivity index (χ0v) is 10.8. The quantitative estimate of drug-likeness (QED) is 0.813. The van der Waals surface area contributed by atoms with Crippen LogP contribution in [0.25, 0.3) is 0 Å². The summed E-state index contributed by atoms with van der Waals surface area (Å²) in [5.74, 6) is 0.475. The van der Waals surface area contributed by atoms with Gasteiger partial charge in [0.15, 0.2) is 0 Å². The van der Waals surface area contributed by atoms with E-state index in [1.807, 2.05) is 0 Å². The van der Waals surface area contributed by atoms with Crippen LogP contribution in [0.1, 0.15) is 44.2 Å². The number of aliphatic carboxylic acids is 1. The predicted molar refractivity (Wildman–Crippen MR) is 68.0 cm³/mol. The lowest BCUT2D eigenvalue weighted by Gasteiger charge is -2.04. The molecule has 0 heterocycles. The summed E-state index contributed by atoms with van der Waals surface area (Å²) in [7, 11) is 0. The van der Waals surface area contributed by atoms with E-state index in [2.05, 4.69) is 38.1 Å². The van der Waals surface area contributed by atoms with Crippen LogP contribution in [0.4, 0.5) is 0 Å². The van der Waals surface area contributed by atoms with E-state index < -0.39 is 5.97 Å². The molecule has 2 nitrogen and oxygen atoms in total. The molecular formula is C13H19ClO2. The molecular weight excluding hydrogens is 224 g/mol. The van der Waals surface area contributed by atoms with Gasteiger partial charge in [-0.15, -0.1) is 11.6 Å². The van der Waals surface area contributed by atoms with Gasteiger partial charge in [0, 0.05) is 12.3 Å². The molecule has 1 aromatic carbocycles. The highest BCUT2D eigenvalue weighted by molar-refractivity contribution is 6.17. The molecule has 1 rings (SSSR count). The smallest absolute Gasteiger partial charge is 0.303 e. The molecule has 0 atom stereocenters. The van der Waals surface area contributed by atoms with Gasteiger partial charge in [0.05, 0.1) is 0 Å². The highest BCUT2D eigenvalue weighted by Gasteiger charge is 1.97. The third-order valence-electron chi connectivity index (χ3n) is 2.10. The Morgan fingerprint density at radius 1 is 1.31 bits per heavy atom. The number of carboxylic acids is 1. The first-order valence-corrected chi connectivity index (χ1v) is 5.91. The molecule has 1 N–H and O–H groups in total. The second-order valence-electron chi connectivity index (χ2n) is 3.78. The lowest BCUT2D eigenvalue weighted by atomic mass is 10.0. The molecule has 0 amide bonds. The van der Waals surface area contributed by atoms with Gasteiger partial charge in [0.25, 0.3) is 0 Å². The summed E-state index contributed by atoms with van der Waals surface area (Å²) in [5.41, 5.74) is 2.56. The molecule has 0 spiro atoms. The fraction of sp³-hybridized carbons (Fsp3) is 0.462. The van der Waals surface area contributed by atoms with Crippen molar-refractivity contribution in [1.29, 1.82) is 0 Å². The van der Waals surface area contributed by atoms with Crippen LogP contribution in [-0.2, 0) is 10.7 Å². The van der Waals surface area contributed by atoms with Crippen LogP contribution in [0.3, 0.4) is 0 Å². The van der Waals surface area contributed by atoms with E-state index in [-0.39, 0.29) is 6.42 Å². The lowest BCUT2D eigenvalue weighted by molar-refractivity contribution is -0.136. The second-order valence-corrected chi connectivity index (χ2v) is 4.04. The minimum Gasteiger partial charge on any atom is -0.481 e. The van der Waals surface area contributed by atoms with Crippen LogP contribution >= 0.6 is 11.6 Å². The summed E-state index contributed by atoms with van der Waals surface area (Å²) in [4.78, 5) is 9.37. The Hall–Kier alpha value is -1.02. The number of halogens is 1. The van der Waals surface area contributed by atoms with E-state index in [9.17, 15) is 4.79 Å². The largest absolute Gasteiger partial charge is 0.481 e. The monoisotopic (exact) mass is 242 g/mol. The van der Waals surface area contributed by atoms with Crippen LogP contribution in [0.2, 0.25) is 0 Å². The maximum Gasteiger partial charge on any atom is 0.303 e. The normalized spacial score (nSPS) is 9.56. The van der Waals surface area contributed by atoms with Gasteiger partial charge < -0.3 is 5.11 Å². The Balaban J connectivity index is 0.000000385. The Bertz CT molecular complexity index is 304. The Kier molecular flexibility index (Phi) is 7.65. The highest BCUT2D eigenvalue weighted by Crippen LogP contribution is 2.15. The van der Waals surface area contributed by atoms with Gasteiger partial charge in [0.1, 0.15) is 0 Å². The molecule has 0 bridgehead atoms. The maximum absolute atomic E-state index is 9.37. The second kappa shape index (κ2) is 8.17. The SMILES string of the molecule is CC(C)c1ccc(CCl)cc1.CCC(=O)O. The number of carbonyl (C=O) groups is 1. The predicted octanol–water partition coefficient (Wildman–Crippen LogP) is 4.03. The lowest BCUT2D eigenvalue weighted by Crippen LogP contribution is -1.86. The van der Waals surface area contributed by atoms with Gasteiger partial charge in [-0.2, -0.15) is 0 Å². The number of hydrogen-bond donors (Lipinski definition) is 1. The van der Waals surface area contributed by atoms with E-state index >= 15 is 0 Å². The number of rotatable bonds is 3. The number of alkyl halides is 1. The standard InChI is InChI=1S/C10H13Cl.C3H6O2/c1-8(2)10-5-3-9(7-11)4-6-10;1-2-3(4)5/h3-6,8H,7H2,1-2H3;2H2,1H3,(H,4,5). The first-order chi connectivity index (χ1) is 7.51. The summed E-state index contributed by atoms with van der Waals surface area (Å²) >= 11 is 5.66. The molecule has 16 heavy (non-hydrogen) atoms. The molecule has 0 aliphatic heterocycles. The molecule has 0 fully saturated rings. The van der Waals surface area contributed by atoms with Crippen molar-refractivity contribution in [2.45, 2.75) is 39.0 Å². The molecule has 3 heteroatoms. The summed E-state index contributed by atoms with van der Waals surface area (Å²) in [6.07, 6.45) is 0.222. The van der Waals surface area contributed by atoms with Crippen LogP contribution < -0.4 is 0 Å². The van der Waals surface area contributed by atoms with Crippen molar-refractivity contribution in [3.8, 4) is 0 Å². The van der Waals surface area contributed by atoms with Gasteiger partial charge in [-0.3, -0.25) is 4.79 Å². The average molecular weight is 243 g/mol. The molecule has 0 aliphatic rings.